The number of aromatic nitrogens is 2. The molecule has 0 bridgehead atoms. The molecule has 2 rings (SSSR count). The molecule has 2 N–H and O–H groups in total. The molecule has 0 spiro atoms. The predicted molar refractivity (Wildman–Crippen MR) is 76.3 cm³/mol. The minimum absolute atomic E-state index is 0.275. The Bertz CT molecular complexity index is 504. The summed E-state index contributed by atoms with van der Waals surface area (Å²) in [6.07, 6.45) is 1.72. The lowest BCUT2D eigenvalue weighted by Crippen LogP contribution is -2.31. The molecule has 0 radical (unpaired) electrons. The topological polar surface area (TPSA) is 49.9 Å². The molecule has 0 fully saturated rings. The third-order valence-electron chi connectivity index (χ3n) is 3.07. The molecule has 0 amide bonds. The summed E-state index contributed by atoms with van der Waals surface area (Å²) < 4.78 is 5.73. The van der Waals surface area contributed by atoms with Crippen LogP contribution in [0, 0.1) is 13.8 Å². The first-order valence-electron chi connectivity index (χ1n) is 6.57. The zero-order valence-corrected chi connectivity index (χ0v) is 11.7. The van der Waals surface area contributed by atoms with Crippen LogP contribution in [0.1, 0.15) is 23.9 Å². The highest BCUT2D eigenvalue weighted by Crippen LogP contribution is 2.11. The van der Waals surface area contributed by atoms with Gasteiger partial charge < -0.3 is 15.0 Å². The lowest BCUT2D eigenvalue weighted by atomic mass is 10.2. The third kappa shape index (κ3) is 4.10. The van der Waals surface area contributed by atoms with E-state index in [2.05, 4.69) is 41.3 Å². The molecule has 1 atom stereocenters. The standard InChI is InChI=1S/C15H21N3O/c1-11-4-6-14(7-5-11)19-9-12(2)16-8-15-13(3)17-10-18-15/h4-7,10,12,16H,8-9H2,1-3H3,(H,17,18). The average Bonchev–Trinajstić information content (AvgIpc) is 2.81. The number of nitrogens with zero attached hydrogens (tertiary/aromatic N) is 1. The zero-order chi connectivity index (χ0) is 13.7. The molecule has 102 valence electrons. The van der Waals surface area contributed by atoms with Crippen LogP contribution in [0.15, 0.2) is 30.6 Å². The number of H-pyrrole nitrogens is 1. The second-order valence-corrected chi connectivity index (χ2v) is 4.88. The van der Waals surface area contributed by atoms with Gasteiger partial charge in [-0.1, -0.05) is 17.7 Å². The van der Waals surface area contributed by atoms with E-state index in [-0.39, 0.29) is 6.04 Å². The molecule has 2 aromatic rings. The maximum atomic E-state index is 5.73. The number of aromatic amines is 1. The van der Waals surface area contributed by atoms with Crippen LogP contribution in [0.4, 0.5) is 0 Å². The molecule has 4 nitrogen and oxygen atoms in total. The van der Waals surface area contributed by atoms with Crippen molar-refractivity contribution >= 4 is 0 Å². The van der Waals surface area contributed by atoms with Gasteiger partial charge in [0.25, 0.3) is 0 Å². The molecular weight excluding hydrogens is 238 g/mol. The van der Waals surface area contributed by atoms with E-state index in [4.69, 9.17) is 4.74 Å². The summed E-state index contributed by atoms with van der Waals surface area (Å²) in [4.78, 5) is 7.33. The molecule has 0 aliphatic rings. The summed E-state index contributed by atoms with van der Waals surface area (Å²) in [5.41, 5.74) is 3.41. The third-order valence-corrected chi connectivity index (χ3v) is 3.07. The maximum Gasteiger partial charge on any atom is 0.119 e. The summed E-state index contributed by atoms with van der Waals surface area (Å²) in [7, 11) is 0. The number of hydrogen-bond donors (Lipinski definition) is 2. The van der Waals surface area contributed by atoms with E-state index in [0.29, 0.717) is 6.61 Å². The second kappa shape index (κ2) is 6.38. The van der Waals surface area contributed by atoms with Crippen molar-refractivity contribution in [3.8, 4) is 5.75 Å². The molecule has 0 aliphatic carbocycles. The van der Waals surface area contributed by atoms with Crippen LogP contribution < -0.4 is 10.1 Å². The second-order valence-electron chi connectivity index (χ2n) is 4.88. The first-order chi connectivity index (χ1) is 9.15. The maximum absolute atomic E-state index is 5.73. The lowest BCUT2D eigenvalue weighted by Gasteiger charge is -2.14. The normalized spacial score (nSPS) is 12.4. The van der Waals surface area contributed by atoms with Crippen molar-refractivity contribution in [2.75, 3.05) is 6.61 Å². The van der Waals surface area contributed by atoms with E-state index >= 15 is 0 Å². The van der Waals surface area contributed by atoms with Crippen molar-refractivity contribution in [3.63, 3.8) is 0 Å². The summed E-state index contributed by atoms with van der Waals surface area (Å²) >= 11 is 0. The molecule has 1 heterocycles. The quantitative estimate of drug-likeness (QED) is 0.838. The van der Waals surface area contributed by atoms with Gasteiger partial charge in [0.1, 0.15) is 12.4 Å². The lowest BCUT2D eigenvalue weighted by molar-refractivity contribution is 0.272. The van der Waals surface area contributed by atoms with E-state index < -0.39 is 0 Å². The van der Waals surface area contributed by atoms with Gasteiger partial charge in [-0.15, -0.1) is 0 Å². The highest BCUT2D eigenvalue weighted by Gasteiger charge is 2.05. The van der Waals surface area contributed by atoms with E-state index in [0.717, 1.165) is 23.7 Å². The molecule has 19 heavy (non-hydrogen) atoms. The molecule has 1 aromatic carbocycles. The number of hydrogen-bond acceptors (Lipinski definition) is 3. The smallest absolute Gasteiger partial charge is 0.119 e. The Kier molecular flexibility index (Phi) is 4.58. The number of aryl methyl sites for hydroxylation is 2. The fourth-order valence-electron chi connectivity index (χ4n) is 1.75. The molecule has 0 saturated heterocycles. The number of nitrogens with one attached hydrogen (secondary N) is 2. The van der Waals surface area contributed by atoms with Gasteiger partial charge >= 0.3 is 0 Å². The molecule has 4 heteroatoms. The molecule has 1 unspecified atom stereocenters. The summed E-state index contributed by atoms with van der Waals surface area (Å²) in [6, 6.07) is 8.39. The minimum atomic E-state index is 0.275. The van der Waals surface area contributed by atoms with Crippen LogP contribution in [0.5, 0.6) is 5.75 Å². The van der Waals surface area contributed by atoms with Crippen molar-refractivity contribution in [2.24, 2.45) is 0 Å². The van der Waals surface area contributed by atoms with Gasteiger partial charge in [-0.25, -0.2) is 4.98 Å². The average molecular weight is 259 g/mol. The van der Waals surface area contributed by atoms with Gasteiger partial charge in [0.2, 0.25) is 0 Å². The van der Waals surface area contributed by atoms with Gasteiger partial charge in [-0.2, -0.15) is 0 Å². The van der Waals surface area contributed by atoms with Crippen molar-refractivity contribution in [1.82, 2.24) is 15.3 Å². The Morgan fingerprint density at radius 2 is 2.00 bits per heavy atom. The Morgan fingerprint density at radius 3 is 2.63 bits per heavy atom. The van der Waals surface area contributed by atoms with Crippen LogP contribution in [-0.4, -0.2) is 22.6 Å². The van der Waals surface area contributed by atoms with Crippen molar-refractivity contribution in [3.05, 3.63) is 47.5 Å². The summed E-state index contributed by atoms with van der Waals surface area (Å²) in [5, 5.41) is 3.40. The largest absolute Gasteiger partial charge is 0.492 e. The summed E-state index contributed by atoms with van der Waals surface area (Å²) in [6.45, 7) is 7.61. The highest BCUT2D eigenvalue weighted by molar-refractivity contribution is 5.26. The van der Waals surface area contributed by atoms with E-state index in [9.17, 15) is 0 Å². The predicted octanol–water partition coefficient (Wildman–Crippen LogP) is 2.58. The summed E-state index contributed by atoms with van der Waals surface area (Å²) in [5.74, 6) is 0.912. The van der Waals surface area contributed by atoms with Crippen LogP contribution >= 0.6 is 0 Å². The van der Waals surface area contributed by atoms with Crippen molar-refractivity contribution in [1.29, 1.82) is 0 Å². The Morgan fingerprint density at radius 1 is 1.26 bits per heavy atom. The van der Waals surface area contributed by atoms with Crippen LogP contribution in [0.2, 0.25) is 0 Å². The highest BCUT2D eigenvalue weighted by atomic mass is 16.5. The van der Waals surface area contributed by atoms with E-state index in [1.165, 1.54) is 5.56 Å². The molecule has 0 aliphatic heterocycles. The number of benzene rings is 1. The molecule has 0 saturated carbocycles. The number of rotatable bonds is 6. The monoisotopic (exact) mass is 259 g/mol. The fraction of sp³-hybridized carbons (Fsp3) is 0.400. The van der Waals surface area contributed by atoms with E-state index in [1.54, 1.807) is 6.33 Å². The fourth-order valence-corrected chi connectivity index (χ4v) is 1.75. The molecule has 1 aromatic heterocycles. The number of imidazole rings is 1. The Labute approximate surface area is 114 Å². The van der Waals surface area contributed by atoms with Crippen molar-refractivity contribution < 1.29 is 4.74 Å². The zero-order valence-electron chi connectivity index (χ0n) is 11.7. The first-order valence-corrected chi connectivity index (χ1v) is 6.57. The van der Waals surface area contributed by atoms with E-state index in [1.807, 2.05) is 19.1 Å². The van der Waals surface area contributed by atoms with Crippen LogP contribution in [0.3, 0.4) is 0 Å². The van der Waals surface area contributed by atoms with Crippen molar-refractivity contribution in [2.45, 2.75) is 33.4 Å². The van der Waals surface area contributed by atoms with Gasteiger partial charge in [0.15, 0.2) is 0 Å². The van der Waals surface area contributed by atoms with Gasteiger partial charge in [-0.3, -0.25) is 0 Å². The van der Waals surface area contributed by atoms with Gasteiger partial charge in [0.05, 0.1) is 12.0 Å². The van der Waals surface area contributed by atoms with Gasteiger partial charge in [0, 0.05) is 18.3 Å². The van der Waals surface area contributed by atoms with Crippen LogP contribution in [0.25, 0.3) is 0 Å². The first kappa shape index (κ1) is 13.6. The van der Waals surface area contributed by atoms with Gasteiger partial charge in [-0.05, 0) is 32.9 Å². The van der Waals surface area contributed by atoms with Crippen LogP contribution in [-0.2, 0) is 6.54 Å². The Hall–Kier alpha value is -1.81. The SMILES string of the molecule is Cc1ccc(OCC(C)NCc2nc[nH]c2C)cc1. The Balaban J connectivity index is 1.74. The molecular formula is C15H21N3O. The minimum Gasteiger partial charge on any atom is -0.492 e. The number of ether oxygens (including phenoxy) is 1.